The van der Waals surface area contributed by atoms with E-state index in [1.54, 1.807) is 12.1 Å². The maximum Gasteiger partial charge on any atom is 0.143 e. The Morgan fingerprint density at radius 1 is 1.30 bits per heavy atom. The Balaban J connectivity index is 3.34. The number of phenols is 1. The molecule has 0 saturated carbocycles. The van der Waals surface area contributed by atoms with Crippen LogP contribution in [-0.2, 0) is 0 Å². The van der Waals surface area contributed by atoms with Crippen molar-refractivity contribution in [3.05, 3.63) is 24.3 Å². The van der Waals surface area contributed by atoms with Gasteiger partial charge in [-0.25, -0.2) is 0 Å². The van der Waals surface area contributed by atoms with E-state index in [0.717, 1.165) is 3.57 Å². The molecule has 0 aromatic heterocycles. The molecule has 4 heteroatoms. The van der Waals surface area contributed by atoms with Gasteiger partial charge in [0.2, 0.25) is 0 Å². The molecule has 0 saturated heterocycles. The lowest BCUT2D eigenvalue weighted by Crippen LogP contribution is -1.79. The second kappa shape index (κ2) is 3.44. The van der Waals surface area contributed by atoms with Crippen molar-refractivity contribution < 1.29 is 5.11 Å². The van der Waals surface area contributed by atoms with Gasteiger partial charge in [-0.15, -0.1) is 0 Å². The quantitative estimate of drug-likeness (QED) is 0.541. The Labute approximate surface area is 91.1 Å². The summed E-state index contributed by atoms with van der Waals surface area (Å²) in [6.07, 6.45) is 0. The molecule has 1 aromatic rings. The van der Waals surface area contributed by atoms with Crippen LogP contribution in [0.3, 0.4) is 0 Å². The molecule has 1 nitrogen and oxygen atoms in total. The van der Waals surface area contributed by atoms with Crippen molar-refractivity contribution in [2.24, 2.45) is 0 Å². The highest BCUT2D eigenvalue weighted by molar-refractivity contribution is 14.1. The molecule has 1 N–H and O–H groups in total. The third-order valence-electron chi connectivity index (χ3n) is 1.02. The average Bonchev–Trinajstić information content (AvgIpc) is 1.93. The number of hydrogen-bond acceptors (Lipinski definition) is 1. The van der Waals surface area contributed by atoms with Gasteiger partial charge in [-0.1, -0.05) is 11.6 Å². The highest BCUT2D eigenvalue weighted by Gasteiger charge is 2.05. The van der Waals surface area contributed by atoms with Gasteiger partial charge in [-0.05, 0) is 57.3 Å². The lowest BCUT2D eigenvalue weighted by atomic mass is 10.3. The fourth-order valence-electron chi connectivity index (χ4n) is 0.516. The Hall–Kier alpha value is 0.770. The first kappa shape index (κ1) is 8.86. The number of phenolic OH excluding ortho intramolecular Hbond substituents is 1. The topological polar surface area (TPSA) is 20.2 Å². The molecule has 0 bridgehead atoms. The summed E-state index contributed by atoms with van der Waals surface area (Å²) in [4.78, 5) is 0. The summed E-state index contributed by atoms with van der Waals surface area (Å²) < 4.78 is 1.54. The van der Waals surface area contributed by atoms with Gasteiger partial charge >= 0.3 is 0 Å². The van der Waals surface area contributed by atoms with Gasteiger partial charge in [-0.3, -0.25) is 0 Å². The number of rotatable bonds is 0. The molecule has 0 spiro atoms. The van der Waals surface area contributed by atoms with Crippen LogP contribution in [0.15, 0.2) is 12.1 Å². The fourth-order valence-corrected chi connectivity index (χ4v) is 2.10. The Kier molecular flexibility index (Phi) is 3.05. The normalized spacial score (nSPS) is 9.90. The van der Waals surface area contributed by atoms with E-state index in [2.05, 4.69) is 22.6 Å². The predicted octanol–water partition coefficient (Wildman–Crippen LogP) is 3.25. The molecule has 0 heterocycles. The van der Waals surface area contributed by atoms with E-state index in [0.29, 0.717) is 8.59 Å². The third-order valence-corrected chi connectivity index (χ3v) is 3.62. The smallest absolute Gasteiger partial charge is 0.143 e. The summed E-state index contributed by atoms with van der Waals surface area (Å²) in [5.41, 5.74) is 0. The molecule has 0 unspecified atom stereocenters. The molecule has 0 amide bonds. The Bertz CT molecular complexity index is 235. The van der Waals surface area contributed by atoms with Gasteiger partial charge in [0, 0.05) is 0 Å². The molecule has 1 rings (SSSR count). The molecule has 0 radical (unpaired) electrons. The number of benzene rings is 1. The minimum atomic E-state index is 0.272. The van der Waals surface area contributed by atoms with Crippen LogP contribution >= 0.6 is 56.8 Å². The minimum absolute atomic E-state index is 0.272. The van der Waals surface area contributed by atoms with Crippen LogP contribution in [0, 0.1) is 7.14 Å². The first-order chi connectivity index (χ1) is 4.63. The van der Waals surface area contributed by atoms with Gasteiger partial charge in [0.1, 0.15) is 5.75 Å². The summed E-state index contributed by atoms with van der Waals surface area (Å²) in [6, 6.07) is 3.55. The molecule has 1 aromatic carbocycles. The summed E-state index contributed by atoms with van der Waals surface area (Å²) >= 11 is 9.78. The van der Waals surface area contributed by atoms with Crippen molar-refractivity contribution in [2.45, 2.75) is 0 Å². The van der Waals surface area contributed by atoms with E-state index in [1.807, 2.05) is 22.6 Å². The minimum Gasteiger partial charge on any atom is -0.506 e. The molecular weight excluding hydrogens is 377 g/mol. The van der Waals surface area contributed by atoms with Crippen LogP contribution in [0.5, 0.6) is 5.75 Å². The maximum absolute atomic E-state index is 9.29. The van der Waals surface area contributed by atoms with Crippen molar-refractivity contribution in [1.29, 1.82) is 0 Å². The number of hydrogen-bond donors (Lipinski definition) is 1. The van der Waals surface area contributed by atoms with Crippen LogP contribution in [0.2, 0.25) is 5.02 Å². The second-order valence-corrected chi connectivity index (χ2v) is 4.34. The lowest BCUT2D eigenvalue weighted by Gasteiger charge is -2.00. The molecule has 0 aliphatic rings. The van der Waals surface area contributed by atoms with Crippen LogP contribution in [0.4, 0.5) is 0 Å². The second-order valence-electron chi connectivity index (χ2n) is 1.69. The van der Waals surface area contributed by atoms with Crippen molar-refractivity contribution in [1.82, 2.24) is 0 Å². The van der Waals surface area contributed by atoms with Crippen LogP contribution in [0.25, 0.3) is 0 Å². The highest BCUT2D eigenvalue weighted by atomic mass is 127. The Morgan fingerprint density at radius 3 is 2.40 bits per heavy atom. The predicted molar refractivity (Wildman–Crippen MR) is 58.6 cm³/mol. The monoisotopic (exact) mass is 380 g/mol. The SMILES string of the molecule is Oc1c(I)ccc(Cl)c1I. The first-order valence-electron chi connectivity index (χ1n) is 2.45. The van der Waals surface area contributed by atoms with Crippen molar-refractivity contribution in [3.63, 3.8) is 0 Å². The van der Waals surface area contributed by atoms with Crippen molar-refractivity contribution in [2.75, 3.05) is 0 Å². The largest absolute Gasteiger partial charge is 0.506 e. The average molecular weight is 380 g/mol. The van der Waals surface area contributed by atoms with Crippen molar-refractivity contribution >= 4 is 56.8 Å². The van der Waals surface area contributed by atoms with Crippen LogP contribution in [-0.4, -0.2) is 5.11 Å². The third kappa shape index (κ3) is 1.68. The summed E-state index contributed by atoms with van der Waals surface area (Å²) in [6.45, 7) is 0. The number of aromatic hydroxyl groups is 1. The fraction of sp³-hybridized carbons (Fsp3) is 0. The summed E-state index contributed by atoms with van der Waals surface area (Å²) in [5.74, 6) is 0.272. The standard InChI is InChI=1S/C6H3ClI2O/c7-3-1-2-4(8)6(10)5(3)9/h1-2,10H. The Morgan fingerprint density at radius 2 is 1.90 bits per heavy atom. The van der Waals surface area contributed by atoms with E-state index in [-0.39, 0.29) is 5.75 Å². The van der Waals surface area contributed by atoms with Crippen LogP contribution in [0.1, 0.15) is 0 Å². The summed E-state index contributed by atoms with van der Waals surface area (Å²) in [5, 5.41) is 9.88. The van der Waals surface area contributed by atoms with E-state index in [1.165, 1.54) is 0 Å². The van der Waals surface area contributed by atoms with E-state index in [9.17, 15) is 5.11 Å². The maximum atomic E-state index is 9.29. The summed E-state index contributed by atoms with van der Waals surface area (Å²) in [7, 11) is 0. The van der Waals surface area contributed by atoms with Gasteiger partial charge in [0.15, 0.2) is 0 Å². The van der Waals surface area contributed by atoms with Gasteiger partial charge in [0.25, 0.3) is 0 Å². The zero-order valence-corrected chi connectivity index (χ0v) is 9.81. The van der Waals surface area contributed by atoms with Gasteiger partial charge in [0.05, 0.1) is 12.2 Å². The zero-order valence-electron chi connectivity index (χ0n) is 4.74. The number of halogens is 3. The molecule has 0 aliphatic heterocycles. The molecule has 10 heavy (non-hydrogen) atoms. The van der Waals surface area contributed by atoms with E-state index in [4.69, 9.17) is 11.6 Å². The molecule has 0 fully saturated rings. The van der Waals surface area contributed by atoms with Crippen molar-refractivity contribution in [3.8, 4) is 5.75 Å². The molecule has 54 valence electrons. The molecule has 0 atom stereocenters. The lowest BCUT2D eigenvalue weighted by molar-refractivity contribution is 0.467. The molecule has 0 aliphatic carbocycles. The van der Waals surface area contributed by atoms with E-state index < -0.39 is 0 Å². The zero-order chi connectivity index (χ0) is 7.72. The molecular formula is C6H3ClI2O. The highest BCUT2D eigenvalue weighted by Crippen LogP contribution is 2.31. The van der Waals surface area contributed by atoms with Crippen LogP contribution < -0.4 is 0 Å². The van der Waals surface area contributed by atoms with E-state index >= 15 is 0 Å². The first-order valence-corrected chi connectivity index (χ1v) is 4.99. The van der Waals surface area contributed by atoms with Gasteiger partial charge < -0.3 is 5.11 Å². The van der Waals surface area contributed by atoms with Gasteiger partial charge in [-0.2, -0.15) is 0 Å².